The quantitative estimate of drug-likeness (QED) is 0.696. The molecule has 29 heavy (non-hydrogen) atoms. The van der Waals surface area contributed by atoms with Crippen molar-refractivity contribution >= 4 is 28.3 Å². The highest BCUT2D eigenvalue weighted by atomic mass is 32.1. The second-order valence-corrected chi connectivity index (χ2v) is 8.15. The number of carboxylic acid groups (broad SMARTS) is 1. The molecule has 2 aromatic carbocycles. The van der Waals surface area contributed by atoms with E-state index in [9.17, 15) is 14.7 Å². The molecule has 1 aromatic heterocycles. The molecule has 5 nitrogen and oxygen atoms in total. The number of hydrogen-bond donors (Lipinski definition) is 1. The average Bonchev–Trinajstić information content (AvgIpc) is 3.23. The predicted molar refractivity (Wildman–Crippen MR) is 112 cm³/mol. The van der Waals surface area contributed by atoms with Crippen molar-refractivity contribution in [1.82, 2.24) is 4.98 Å². The molecule has 1 aliphatic rings. The molecule has 1 heterocycles. The predicted octanol–water partition coefficient (Wildman–Crippen LogP) is 3.97. The van der Waals surface area contributed by atoms with E-state index < -0.39 is 17.8 Å². The third kappa shape index (κ3) is 4.38. The summed E-state index contributed by atoms with van der Waals surface area (Å²) in [6.07, 6.45) is 2.75. The van der Waals surface area contributed by atoms with Crippen LogP contribution >= 0.6 is 11.3 Å². The first-order valence-electron chi connectivity index (χ1n) is 9.75. The Morgan fingerprint density at radius 2 is 1.52 bits per heavy atom. The number of rotatable bonds is 5. The molecule has 6 heteroatoms. The second kappa shape index (κ2) is 8.57. The molecule has 1 saturated carbocycles. The van der Waals surface area contributed by atoms with Gasteiger partial charge in [-0.1, -0.05) is 67.4 Å². The SMILES string of the molecule is O=C([O-])[C@H]1CCCC[C@@H]1C(=O)Nc1nc(-c2ccc(-c3ccccc3)cc2)cs1. The van der Waals surface area contributed by atoms with Crippen LogP contribution in [0.1, 0.15) is 25.7 Å². The number of carbonyl (C=O) groups excluding carboxylic acids is 2. The van der Waals surface area contributed by atoms with Gasteiger partial charge in [0.2, 0.25) is 5.91 Å². The number of carboxylic acids is 1. The van der Waals surface area contributed by atoms with E-state index in [0.29, 0.717) is 18.0 Å². The number of amides is 1. The van der Waals surface area contributed by atoms with E-state index in [0.717, 1.165) is 35.2 Å². The molecule has 0 radical (unpaired) electrons. The van der Waals surface area contributed by atoms with Gasteiger partial charge in [-0.2, -0.15) is 0 Å². The summed E-state index contributed by atoms with van der Waals surface area (Å²) in [4.78, 5) is 28.4. The summed E-state index contributed by atoms with van der Waals surface area (Å²) in [5.41, 5.74) is 4.03. The third-order valence-corrected chi connectivity index (χ3v) is 6.19. The van der Waals surface area contributed by atoms with E-state index in [1.165, 1.54) is 11.3 Å². The summed E-state index contributed by atoms with van der Waals surface area (Å²) in [6, 6.07) is 18.3. The first kappa shape index (κ1) is 19.3. The van der Waals surface area contributed by atoms with Crippen LogP contribution in [0.15, 0.2) is 60.0 Å². The zero-order chi connectivity index (χ0) is 20.2. The summed E-state index contributed by atoms with van der Waals surface area (Å²) >= 11 is 1.34. The molecule has 0 saturated heterocycles. The maximum absolute atomic E-state index is 12.6. The van der Waals surface area contributed by atoms with Gasteiger partial charge in [0.15, 0.2) is 5.13 Å². The van der Waals surface area contributed by atoms with Crippen LogP contribution in [-0.4, -0.2) is 16.9 Å². The number of anilines is 1. The summed E-state index contributed by atoms with van der Waals surface area (Å²) in [5.74, 6) is -2.68. The Hall–Kier alpha value is -2.99. The first-order valence-corrected chi connectivity index (χ1v) is 10.6. The lowest BCUT2D eigenvalue weighted by molar-refractivity contribution is -0.313. The van der Waals surface area contributed by atoms with Crippen molar-refractivity contribution < 1.29 is 14.7 Å². The van der Waals surface area contributed by atoms with E-state index in [4.69, 9.17) is 0 Å². The summed E-state index contributed by atoms with van der Waals surface area (Å²) in [7, 11) is 0. The number of hydrogen-bond acceptors (Lipinski definition) is 5. The molecule has 1 amide bonds. The van der Waals surface area contributed by atoms with Crippen molar-refractivity contribution in [2.75, 3.05) is 5.32 Å². The van der Waals surface area contributed by atoms with Gasteiger partial charge in [-0.25, -0.2) is 4.98 Å². The highest BCUT2D eigenvalue weighted by Gasteiger charge is 2.32. The van der Waals surface area contributed by atoms with E-state index in [2.05, 4.69) is 34.6 Å². The maximum atomic E-state index is 12.6. The van der Waals surface area contributed by atoms with Gasteiger partial charge in [-0.05, 0) is 24.0 Å². The molecule has 0 spiro atoms. The fraction of sp³-hybridized carbons (Fsp3) is 0.261. The summed E-state index contributed by atoms with van der Waals surface area (Å²) < 4.78 is 0. The maximum Gasteiger partial charge on any atom is 0.229 e. The van der Waals surface area contributed by atoms with E-state index in [1.54, 1.807) is 0 Å². The topological polar surface area (TPSA) is 82.1 Å². The highest BCUT2D eigenvalue weighted by molar-refractivity contribution is 7.14. The van der Waals surface area contributed by atoms with Crippen LogP contribution in [-0.2, 0) is 9.59 Å². The molecular weight excluding hydrogens is 384 g/mol. The van der Waals surface area contributed by atoms with Crippen molar-refractivity contribution in [3.63, 3.8) is 0 Å². The number of carbonyl (C=O) groups is 2. The van der Waals surface area contributed by atoms with Crippen LogP contribution in [0.3, 0.4) is 0 Å². The molecule has 4 rings (SSSR count). The lowest BCUT2D eigenvalue weighted by Crippen LogP contribution is -2.42. The Kier molecular flexibility index (Phi) is 5.71. The zero-order valence-corrected chi connectivity index (χ0v) is 16.7. The van der Waals surface area contributed by atoms with Crippen molar-refractivity contribution in [3.8, 4) is 22.4 Å². The van der Waals surface area contributed by atoms with Crippen molar-refractivity contribution in [3.05, 3.63) is 60.0 Å². The normalized spacial score (nSPS) is 18.9. The molecule has 3 aromatic rings. The average molecular weight is 405 g/mol. The van der Waals surface area contributed by atoms with Crippen LogP contribution < -0.4 is 10.4 Å². The van der Waals surface area contributed by atoms with Gasteiger partial charge in [0.05, 0.1) is 5.69 Å². The molecule has 1 N–H and O–H groups in total. The van der Waals surface area contributed by atoms with E-state index >= 15 is 0 Å². The van der Waals surface area contributed by atoms with Crippen LogP contribution in [0.25, 0.3) is 22.4 Å². The number of aromatic nitrogens is 1. The molecule has 2 atom stereocenters. The minimum Gasteiger partial charge on any atom is -0.550 e. The third-order valence-electron chi connectivity index (χ3n) is 5.43. The molecule has 1 aliphatic carbocycles. The van der Waals surface area contributed by atoms with Gasteiger partial charge in [-0.3, -0.25) is 4.79 Å². The fourth-order valence-corrected chi connectivity index (χ4v) is 4.58. The first-order chi connectivity index (χ1) is 14.1. The highest BCUT2D eigenvalue weighted by Crippen LogP contribution is 2.32. The van der Waals surface area contributed by atoms with Crippen molar-refractivity contribution in [1.29, 1.82) is 0 Å². The van der Waals surface area contributed by atoms with Crippen LogP contribution in [0.2, 0.25) is 0 Å². The molecule has 0 unspecified atom stereocenters. The van der Waals surface area contributed by atoms with E-state index in [1.807, 2.05) is 35.7 Å². The fourth-order valence-electron chi connectivity index (χ4n) is 3.85. The Morgan fingerprint density at radius 1 is 0.897 bits per heavy atom. The monoisotopic (exact) mass is 405 g/mol. The van der Waals surface area contributed by atoms with Gasteiger partial charge in [-0.15, -0.1) is 11.3 Å². The van der Waals surface area contributed by atoms with Gasteiger partial charge >= 0.3 is 0 Å². The standard InChI is InChI=1S/C23H22N2O3S/c26-21(18-8-4-5-9-19(18)22(27)28)25-23-24-20(14-29-23)17-12-10-16(11-13-17)15-6-2-1-3-7-15/h1-3,6-7,10-14,18-19H,4-5,8-9H2,(H,27,28)(H,24,25,26)/p-1/t18-,19-/m0/s1. The van der Waals surface area contributed by atoms with Gasteiger partial charge in [0.25, 0.3) is 0 Å². The smallest absolute Gasteiger partial charge is 0.229 e. The van der Waals surface area contributed by atoms with Gasteiger partial charge in [0, 0.05) is 28.7 Å². The number of nitrogens with zero attached hydrogens (tertiary/aromatic N) is 1. The molecule has 0 bridgehead atoms. The molecule has 1 fully saturated rings. The summed E-state index contributed by atoms with van der Waals surface area (Å²) in [6.45, 7) is 0. The zero-order valence-electron chi connectivity index (χ0n) is 15.8. The number of benzene rings is 2. The van der Waals surface area contributed by atoms with E-state index in [-0.39, 0.29) is 5.91 Å². The van der Waals surface area contributed by atoms with Crippen LogP contribution in [0.4, 0.5) is 5.13 Å². The number of aliphatic carboxylic acids is 1. The van der Waals surface area contributed by atoms with Crippen molar-refractivity contribution in [2.45, 2.75) is 25.7 Å². The minimum atomic E-state index is -1.14. The minimum absolute atomic E-state index is 0.278. The number of thiazole rings is 1. The van der Waals surface area contributed by atoms with Gasteiger partial charge < -0.3 is 15.2 Å². The Labute approximate surface area is 173 Å². The Morgan fingerprint density at radius 3 is 2.21 bits per heavy atom. The van der Waals surface area contributed by atoms with Crippen molar-refractivity contribution in [2.24, 2.45) is 11.8 Å². The number of nitrogens with one attached hydrogen (secondary N) is 1. The lowest BCUT2D eigenvalue weighted by atomic mass is 9.79. The molecular formula is C23H21N2O3S-. The van der Waals surface area contributed by atoms with Gasteiger partial charge in [0.1, 0.15) is 0 Å². The summed E-state index contributed by atoms with van der Waals surface area (Å²) in [5, 5.41) is 16.5. The second-order valence-electron chi connectivity index (χ2n) is 7.29. The largest absolute Gasteiger partial charge is 0.550 e. The Balaban J connectivity index is 1.45. The van der Waals surface area contributed by atoms with Crippen LogP contribution in [0, 0.1) is 11.8 Å². The Bertz CT molecular complexity index is 998. The van der Waals surface area contributed by atoms with Crippen LogP contribution in [0.5, 0.6) is 0 Å². The lowest BCUT2D eigenvalue weighted by Gasteiger charge is -2.30. The molecule has 148 valence electrons. The molecule has 0 aliphatic heterocycles.